The Kier molecular flexibility index (Phi) is 4.60. The maximum atomic E-state index is 12.1. The molecule has 0 aliphatic heterocycles. The lowest BCUT2D eigenvalue weighted by atomic mass is 9.89. The minimum absolute atomic E-state index is 0.140. The van der Waals surface area contributed by atoms with Gasteiger partial charge in [0.05, 0.1) is 17.4 Å². The summed E-state index contributed by atoms with van der Waals surface area (Å²) in [5.41, 5.74) is 0.0157. The zero-order valence-electron chi connectivity index (χ0n) is 12.6. The van der Waals surface area contributed by atoms with Gasteiger partial charge in [-0.25, -0.2) is 9.78 Å². The van der Waals surface area contributed by atoms with Gasteiger partial charge in [-0.15, -0.1) is 0 Å². The number of carboxylic acid groups (broad SMARTS) is 1. The standard InChI is InChI=1S/C16H19N3O3/c1-16(2,13-6-4-3-5-12(13)15(21)22)18-14(20)7-9-19-10-8-17-11-19/h3-6,8,10-11H,7,9H2,1-2H3,(H,18,20)(H,21,22). The molecular formula is C16H19N3O3. The van der Waals surface area contributed by atoms with E-state index in [1.54, 1.807) is 50.8 Å². The Bertz CT molecular complexity index is 663. The number of carboxylic acids is 1. The lowest BCUT2D eigenvalue weighted by Crippen LogP contribution is -2.42. The number of amides is 1. The first kappa shape index (κ1) is 15.8. The highest BCUT2D eigenvalue weighted by molar-refractivity contribution is 5.90. The van der Waals surface area contributed by atoms with Crippen molar-refractivity contribution in [3.8, 4) is 0 Å². The molecular weight excluding hydrogens is 282 g/mol. The van der Waals surface area contributed by atoms with Crippen LogP contribution >= 0.6 is 0 Å². The first-order valence-corrected chi connectivity index (χ1v) is 7.00. The van der Waals surface area contributed by atoms with Crippen molar-refractivity contribution >= 4 is 11.9 Å². The minimum atomic E-state index is -1.00. The highest BCUT2D eigenvalue weighted by Crippen LogP contribution is 2.24. The number of aromatic nitrogens is 2. The summed E-state index contributed by atoms with van der Waals surface area (Å²) in [6.07, 6.45) is 5.40. The van der Waals surface area contributed by atoms with E-state index in [4.69, 9.17) is 0 Å². The van der Waals surface area contributed by atoms with Gasteiger partial charge < -0.3 is 15.0 Å². The number of aromatic carboxylic acids is 1. The van der Waals surface area contributed by atoms with Crippen LogP contribution in [0.5, 0.6) is 0 Å². The number of nitrogens with one attached hydrogen (secondary N) is 1. The summed E-state index contributed by atoms with van der Waals surface area (Å²) in [6, 6.07) is 6.70. The molecule has 1 amide bonds. The lowest BCUT2D eigenvalue weighted by Gasteiger charge is -2.28. The Morgan fingerprint density at radius 3 is 2.68 bits per heavy atom. The van der Waals surface area contributed by atoms with Gasteiger partial charge in [0.15, 0.2) is 0 Å². The molecule has 2 N–H and O–H groups in total. The average Bonchev–Trinajstić information content (AvgIpc) is 2.98. The van der Waals surface area contributed by atoms with Gasteiger partial charge in [0.1, 0.15) is 0 Å². The van der Waals surface area contributed by atoms with Crippen molar-refractivity contribution < 1.29 is 14.7 Å². The number of benzene rings is 1. The first-order valence-electron chi connectivity index (χ1n) is 7.00. The van der Waals surface area contributed by atoms with Crippen LogP contribution in [-0.2, 0) is 16.9 Å². The number of imidazole rings is 1. The van der Waals surface area contributed by atoms with Gasteiger partial charge in [0.25, 0.3) is 0 Å². The largest absolute Gasteiger partial charge is 0.478 e. The molecule has 116 valence electrons. The second-order valence-electron chi connectivity index (χ2n) is 5.57. The Labute approximate surface area is 128 Å². The Balaban J connectivity index is 2.07. The molecule has 1 aromatic carbocycles. The number of hydrogen-bond donors (Lipinski definition) is 2. The zero-order valence-corrected chi connectivity index (χ0v) is 12.6. The highest BCUT2D eigenvalue weighted by atomic mass is 16.4. The fourth-order valence-electron chi connectivity index (χ4n) is 2.34. The van der Waals surface area contributed by atoms with Crippen LogP contribution in [0.15, 0.2) is 43.0 Å². The molecule has 0 spiro atoms. The second kappa shape index (κ2) is 6.43. The SMILES string of the molecule is CC(C)(NC(=O)CCn1ccnc1)c1ccccc1C(=O)O. The molecule has 0 bridgehead atoms. The molecule has 22 heavy (non-hydrogen) atoms. The zero-order chi connectivity index (χ0) is 16.2. The van der Waals surface area contributed by atoms with E-state index in [-0.39, 0.29) is 11.5 Å². The molecule has 0 saturated heterocycles. The summed E-state index contributed by atoms with van der Waals surface area (Å²) in [5, 5.41) is 12.2. The number of carbonyl (C=O) groups is 2. The van der Waals surface area contributed by atoms with E-state index in [1.165, 1.54) is 6.07 Å². The van der Waals surface area contributed by atoms with Crippen LogP contribution in [-0.4, -0.2) is 26.5 Å². The normalized spacial score (nSPS) is 11.2. The van der Waals surface area contributed by atoms with Crippen molar-refractivity contribution in [2.45, 2.75) is 32.4 Å². The van der Waals surface area contributed by atoms with E-state index >= 15 is 0 Å². The van der Waals surface area contributed by atoms with E-state index < -0.39 is 11.5 Å². The third-order valence-corrected chi connectivity index (χ3v) is 3.44. The van der Waals surface area contributed by atoms with Gasteiger partial charge in [-0.3, -0.25) is 4.79 Å². The van der Waals surface area contributed by atoms with Crippen LogP contribution in [0.2, 0.25) is 0 Å². The third kappa shape index (κ3) is 3.72. The summed E-state index contributed by atoms with van der Waals surface area (Å²) in [6.45, 7) is 4.12. The first-order chi connectivity index (χ1) is 10.4. The van der Waals surface area contributed by atoms with E-state index in [9.17, 15) is 14.7 Å². The summed E-state index contributed by atoms with van der Waals surface area (Å²) in [7, 11) is 0. The van der Waals surface area contributed by atoms with Crippen LogP contribution in [0.25, 0.3) is 0 Å². The fraction of sp³-hybridized carbons (Fsp3) is 0.312. The van der Waals surface area contributed by atoms with Crippen molar-refractivity contribution in [1.29, 1.82) is 0 Å². The summed E-state index contributed by atoms with van der Waals surface area (Å²) < 4.78 is 1.82. The molecule has 0 saturated carbocycles. The summed E-state index contributed by atoms with van der Waals surface area (Å²) >= 11 is 0. The molecule has 0 atom stereocenters. The van der Waals surface area contributed by atoms with E-state index in [2.05, 4.69) is 10.3 Å². The molecule has 2 aromatic rings. The lowest BCUT2D eigenvalue weighted by molar-refractivity contribution is -0.123. The highest BCUT2D eigenvalue weighted by Gasteiger charge is 2.27. The van der Waals surface area contributed by atoms with Crippen LogP contribution in [0.1, 0.15) is 36.2 Å². The minimum Gasteiger partial charge on any atom is -0.478 e. The summed E-state index contributed by atoms with van der Waals surface area (Å²) in [5.74, 6) is -1.14. The summed E-state index contributed by atoms with van der Waals surface area (Å²) in [4.78, 5) is 27.3. The molecule has 0 radical (unpaired) electrons. The maximum Gasteiger partial charge on any atom is 0.336 e. The number of rotatable bonds is 6. The molecule has 0 fully saturated rings. The van der Waals surface area contributed by atoms with Crippen molar-refractivity contribution in [3.05, 3.63) is 54.1 Å². The van der Waals surface area contributed by atoms with Crippen LogP contribution in [0, 0.1) is 0 Å². The van der Waals surface area contributed by atoms with Crippen molar-refractivity contribution in [2.75, 3.05) is 0 Å². The number of hydrogen-bond acceptors (Lipinski definition) is 3. The Morgan fingerprint density at radius 1 is 1.32 bits per heavy atom. The van der Waals surface area contributed by atoms with Crippen LogP contribution < -0.4 is 5.32 Å². The second-order valence-corrected chi connectivity index (χ2v) is 5.57. The van der Waals surface area contributed by atoms with Crippen molar-refractivity contribution in [1.82, 2.24) is 14.9 Å². The topological polar surface area (TPSA) is 84.2 Å². The van der Waals surface area contributed by atoms with Gasteiger partial charge in [0.2, 0.25) is 5.91 Å². The van der Waals surface area contributed by atoms with E-state index in [0.717, 1.165) is 0 Å². The molecule has 6 heteroatoms. The molecule has 0 aliphatic rings. The van der Waals surface area contributed by atoms with Gasteiger partial charge >= 0.3 is 5.97 Å². The van der Waals surface area contributed by atoms with Gasteiger partial charge in [-0.05, 0) is 25.5 Å². The molecule has 1 heterocycles. The van der Waals surface area contributed by atoms with E-state index in [0.29, 0.717) is 18.5 Å². The predicted molar refractivity (Wildman–Crippen MR) is 81.4 cm³/mol. The van der Waals surface area contributed by atoms with Gasteiger partial charge in [-0.1, -0.05) is 18.2 Å². The third-order valence-electron chi connectivity index (χ3n) is 3.44. The number of carbonyl (C=O) groups excluding carboxylic acids is 1. The Morgan fingerprint density at radius 2 is 2.05 bits per heavy atom. The van der Waals surface area contributed by atoms with E-state index in [1.807, 2.05) is 4.57 Å². The molecule has 6 nitrogen and oxygen atoms in total. The fourth-order valence-corrected chi connectivity index (χ4v) is 2.34. The molecule has 0 unspecified atom stereocenters. The smallest absolute Gasteiger partial charge is 0.336 e. The molecule has 0 aliphatic carbocycles. The monoisotopic (exact) mass is 301 g/mol. The molecule has 2 rings (SSSR count). The molecule has 1 aromatic heterocycles. The Hall–Kier alpha value is -2.63. The van der Waals surface area contributed by atoms with Crippen molar-refractivity contribution in [2.24, 2.45) is 0 Å². The van der Waals surface area contributed by atoms with Crippen LogP contribution in [0.4, 0.5) is 0 Å². The average molecular weight is 301 g/mol. The quantitative estimate of drug-likeness (QED) is 0.855. The van der Waals surface area contributed by atoms with Crippen molar-refractivity contribution in [3.63, 3.8) is 0 Å². The van der Waals surface area contributed by atoms with Gasteiger partial charge in [0, 0.05) is 25.4 Å². The maximum absolute atomic E-state index is 12.1. The number of aryl methyl sites for hydroxylation is 1. The van der Waals surface area contributed by atoms with Gasteiger partial charge in [-0.2, -0.15) is 0 Å². The van der Waals surface area contributed by atoms with Crippen LogP contribution in [0.3, 0.4) is 0 Å². The predicted octanol–water partition coefficient (Wildman–Crippen LogP) is 2.02. The number of nitrogens with zero attached hydrogens (tertiary/aromatic N) is 2.